The molecule has 0 heterocycles. The molecular formula is C10H11BO. The van der Waals surface area contributed by atoms with Crippen molar-refractivity contribution in [3.63, 3.8) is 0 Å². The molecule has 0 atom stereocenters. The van der Waals surface area contributed by atoms with Crippen LogP contribution >= 0.6 is 0 Å². The molecule has 2 heteroatoms. The molecule has 1 rings (SSSR count). The number of ketones is 1. The number of carbonyl (C=O) groups is 1. The van der Waals surface area contributed by atoms with E-state index in [1.165, 1.54) is 5.56 Å². The number of carbonyl (C=O) groups excluding carboxylic acids is 1. The lowest BCUT2D eigenvalue weighted by Gasteiger charge is -1.99. The van der Waals surface area contributed by atoms with Crippen molar-refractivity contribution < 1.29 is 4.79 Å². The maximum absolute atomic E-state index is 10.7. The van der Waals surface area contributed by atoms with Crippen LogP contribution in [0.3, 0.4) is 0 Å². The number of benzene rings is 1. The van der Waals surface area contributed by atoms with Crippen molar-refractivity contribution in [3.05, 3.63) is 29.8 Å². The fourth-order valence-electron chi connectivity index (χ4n) is 1.00. The molecule has 60 valence electrons. The van der Waals surface area contributed by atoms with Gasteiger partial charge in [-0.05, 0) is 18.9 Å². The first-order valence-electron chi connectivity index (χ1n) is 4.02. The van der Waals surface area contributed by atoms with Crippen molar-refractivity contribution >= 4 is 19.1 Å². The van der Waals surface area contributed by atoms with Crippen molar-refractivity contribution in [1.82, 2.24) is 0 Å². The predicted octanol–water partition coefficient (Wildman–Crippen LogP) is 1.00. The van der Waals surface area contributed by atoms with Crippen LogP contribution in [-0.4, -0.2) is 13.6 Å². The minimum atomic E-state index is 0.229. The van der Waals surface area contributed by atoms with E-state index in [4.69, 9.17) is 7.85 Å². The van der Waals surface area contributed by atoms with E-state index in [0.29, 0.717) is 6.42 Å². The van der Waals surface area contributed by atoms with Gasteiger partial charge in [0, 0.05) is 6.42 Å². The third-order valence-corrected chi connectivity index (χ3v) is 1.75. The molecule has 2 radical (unpaired) electrons. The lowest BCUT2D eigenvalue weighted by Crippen LogP contribution is -2.01. The lowest BCUT2D eigenvalue weighted by molar-refractivity contribution is -0.116. The highest BCUT2D eigenvalue weighted by atomic mass is 16.1. The second-order valence-corrected chi connectivity index (χ2v) is 2.94. The summed E-state index contributed by atoms with van der Waals surface area (Å²) in [5.74, 6) is 0.229. The van der Waals surface area contributed by atoms with Crippen LogP contribution in [0.15, 0.2) is 24.3 Å². The first-order chi connectivity index (χ1) is 5.68. The lowest BCUT2D eigenvalue weighted by atomic mass is 9.94. The van der Waals surface area contributed by atoms with Crippen LogP contribution < -0.4 is 5.46 Å². The minimum Gasteiger partial charge on any atom is -0.300 e. The molecule has 0 aliphatic rings. The van der Waals surface area contributed by atoms with Crippen molar-refractivity contribution in [3.8, 4) is 0 Å². The third kappa shape index (κ3) is 2.91. The molecule has 0 N–H and O–H groups in total. The zero-order chi connectivity index (χ0) is 8.97. The van der Waals surface area contributed by atoms with Gasteiger partial charge in [0.2, 0.25) is 0 Å². The fourth-order valence-corrected chi connectivity index (χ4v) is 1.00. The van der Waals surface area contributed by atoms with Gasteiger partial charge >= 0.3 is 0 Å². The molecular weight excluding hydrogens is 147 g/mol. The van der Waals surface area contributed by atoms with Gasteiger partial charge in [-0.1, -0.05) is 29.7 Å². The minimum absolute atomic E-state index is 0.229. The van der Waals surface area contributed by atoms with Gasteiger partial charge in [-0.2, -0.15) is 0 Å². The van der Waals surface area contributed by atoms with Crippen LogP contribution in [0.1, 0.15) is 18.9 Å². The van der Waals surface area contributed by atoms with E-state index in [9.17, 15) is 4.79 Å². The molecule has 1 aromatic rings. The Balaban J connectivity index is 2.53. The highest BCUT2D eigenvalue weighted by Crippen LogP contribution is 2.00. The van der Waals surface area contributed by atoms with Gasteiger partial charge in [-0.3, -0.25) is 0 Å². The number of hydrogen-bond donors (Lipinski definition) is 0. The SMILES string of the molecule is [B]c1ccc(CCC(C)=O)cc1. The number of rotatable bonds is 3. The van der Waals surface area contributed by atoms with Crippen LogP contribution in [-0.2, 0) is 11.2 Å². The normalized spacial score (nSPS) is 9.75. The Morgan fingerprint density at radius 2 is 1.92 bits per heavy atom. The number of Topliss-reactive ketones (excluding diaryl/α,β-unsaturated/α-hetero) is 1. The summed E-state index contributed by atoms with van der Waals surface area (Å²) in [6.07, 6.45) is 1.43. The summed E-state index contributed by atoms with van der Waals surface area (Å²) >= 11 is 0. The van der Waals surface area contributed by atoms with Gasteiger partial charge in [-0.15, -0.1) is 0 Å². The van der Waals surface area contributed by atoms with Crippen molar-refractivity contribution in [2.24, 2.45) is 0 Å². The van der Waals surface area contributed by atoms with Crippen LogP contribution in [0.2, 0.25) is 0 Å². The highest BCUT2D eigenvalue weighted by molar-refractivity contribution is 6.32. The van der Waals surface area contributed by atoms with E-state index < -0.39 is 0 Å². The second-order valence-electron chi connectivity index (χ2n) is 2.94. The molecule has 0 saturated heterocycles. The zero-order valence-electron chi connectivity index (χ0n) is 7.21. The molecule has 0 spiro atoms. The smallest absolute Gasteiger partial charge is 0.130 e. The molecule has 0 aliphatic carbocycles. The van der Waals surface area contributed by atoms with Crippen LogP contribution in [0, 0.1) is 0 Å². The average Bonchev–Trinajstić information content (AvgIpc) is 2.03. The summed E-state index contributed by atoms with van der Waals surface area (Å²) in [5, 5.41) is 0. The molecule has 1 aromatic carbocycles. The van der Waals surface area contributed by atoms with Gasteiger partial charge in [0.05, 0.1) is 0 Å². The molecule has 0 fully saturated rings. The summed E-state index contributed by atoms with van der Waals surface area (Å²) in [7, 11) is 5.52. The van der Waals surface area contributed by atoms with E-state index >= 15 is 0 Å². The molecule has 0 bridgehead atoms. The molecule has 0 unspecified atom stereocenters. The first-order valence-corrected chi connectivity index (χ1v) is 4.02. The predicted molar refractivity (Wildman–Crippen MR) is 50.8 cm³/mol. The van der Waals surface area contributed by atoms with Crippen LogP contribution in [0.4, 0.5) is 0 Å². The Morgan fingerprint density at radius 1 is 1.33 bits per heavy atom. The standard InChI is InChI=1S/C10H11BO/c1-8(12)2-3-9-4-6-10(11)7-5-9/h4-7H,2-3H2,1H3. The Labute approximate surface area is 74.2 Å². The van der Waals surface area contributed by atoms with Gasteiger partial charge in [0.15, 0.2) is 0 Å². The summed E-state index contributed by atoms with van der Waals surface area (Å²) in [6, 6.07) is 7.63. The molecule has 1 nitrogen and oxygen atoms in total. The van der Waals surface area contributed by atoms with Crippen molar-refractivity contribution in [2.75, 3.05) is 0 Å². The molecule has 0 aromatic heterocycles. The molecule has 0 amide bonds. The Kier molecular flexibility index (Phi) is 3.09. The summed E-state index contributed by atoms with van der Waals surface area (Å²) in [5.41, 5.74) is 1.93. The molecule has 0 aliphatic heterocycles. The summed E-state index contributed by atoms with van der Waals surface area (Å²) in [4.78, 5) is 10.7. The Morgan fingerprint density at radius 3 is 2.42 bits per heavy atom. The fraction of sp³-hybridized carbons (Fsp3) is 0.300. The van der Waals surface area contributed by atoms with Gasteiger partial charge in [0.1, 0.15) is 13.6 Å². The van der Waals surface area contributed by atoms with E-state index in [-0.39, 0.29) is 5.78 Å². The topological polar surface area (TPSA) is 17.1 Å². The summed E-state index contributed by atoms with van der Waals surface area (Å²) in [6.45, 7) is 1.61. The first kappa shape index (κ1) is 9.05. The Bertz CT molecular complexity index is 264. The summed E-state index contributed by atoms with van der Waals surface area (Å²) < 4.78 is 0. The molecule has 0 saturated carbocycles. The van der Waals surface area contributed by atoms with Gasteiger partial charge in [0.25, 0.3) is 0 Å². The van der Waals surface area contributed by atoms with E-state index in [2.05, 4.69) is 0 Å². The maximum atomic E-state index is 10.7. The van der Waals surface area contributed by atoms with Crippen LogP contribution in [0.25, 0.3) is 0 Å². The highest BCUT2D eigenvalue weighted by Gasteiger charge is 1.95. The average molecular weight is 158 g/mol. The van der Waals surface area contributed by atoms with Gasteiger partial charge in [-0.25, -0.2) is 0 Å². The Hall–Kier alpha value is -1.05. The quantitative estimate of drug-likeness (QED) is 0.599. The number of aryl methyl sites for hydroxylation is 1. The molecule has 12 heavy (non-hydrogen) atoms. The van der Waals surface area contributed by atoms with E-state index in [0.717, 1.165) is 11.9 Å². The zero-order valence-corrected chi connectivity index (χ0v) is 7.21. The monoisotopic (exact) mass is 158 g/mol. The van der Waals surface area contributed by atoms with Gasteiger partial charge < -0.3 is 4.79 Å². The second kappa shape index (κ2) is 4.10. The third-order valence-electron chi connectivity index (χ3n) is 1.75. The van der Waals surface area contributed by atoms with E-state index in [1.54, 1.807) is 6.92 Å². The largest absolute Gasteiger partial charge is 0.300 e. The maximum Gasteiger partial charge on any atom is 0.130 e. The van der Waals surface area contributed by atoms with Crippen molar-refractivity contribution in [1.29, 1.82) is 0 Å². The van der Waals surface area contributed by atoms with E-state index in [1.807, 2.05) is 24.3 Å². The van der Waals surface area contributed by atoms with Crippen LogP contribution in [0.5, 0.6) is 0 Å². The number of hydrogen-bond acceptors (Lipinski definition) is 1. The van der Waals surface area contributed by atoms with Crippen molar-refractivity contribution in [2.45, 2.75) is 19.8 Å².